The van der Waals surface area contributed by atoms with E-state index in [4.69, 9.17) is 9.15 Å². The second kappa shape index (κ2) is 7.45. The van der Waals surface area contributed by atoms with Crippen molar-refractivity contribution in [2.24, 2.45) is 0 Å². The average molecular weight is 422 g/mol. The van der Waals surface area contributed by atoms with Crippen LogP contribution in [0.25, 0.3) is 11.5 Å². The first kappa shape index (κ1) is 17.8. The Kier molecular flexibility index (Phi) is 5.29. The number of benzene rings is 1. The minimum absolute atomic E-state index is 0.161. The normalized spacial score (nSPS) is 10.9. The predicted molar refractivity (Wildman–Crippen MR) is 100 cm³/mol. The van der Waals surface area contributed by atoms with Crippen molar-refractivity contribution in [3.63, 3.8) is 0 Å². The van der Waals surface area contributed by atoms with E-state index in [1.54, 1.807) is 14.0 Å². The van der Waals surface area contributed by atoms with Crippen molar-refractivity contribution >= 4 is 27.7 Å². The SMILES string of the molecule is COc1ccc(Br)cc1-c1nc(CSc2nc(C)cc(=O)[nH]2)c(C)o1. The number of oxazole rings is 1. The molecule has 1 aromatic carbocycles. The number of rotatable bonds is 5. The summed E-state index contributed by atoms with van der Waals surface area (Å²) in [5.41, 5.74) is 2.10. The number of halogens is 1. The topological polar surface area (TPSA) is 81.0 Å². The van der Waals surface area contributed by atoms with Gasteiger partial charge in [0, 0.05) is 22.0 Å². The number of thioether (sulfide) groups is 1. The van der Waals surface area contributed by atoms with Crippen molar-refractivity contribution in [3.05, 3.63) is 56.2 Å². The summed E-state index contributed by atoms with van der Waals surface area (Å²) in [4.78, 5) is 23.1. The van der Waals surface area contributed by atoms with Gasteiger partial charge in [-0.25, -0.2) is 9.97 Å². The standard InChI is InChI=1S/C17H16BrN3O3S/c1-9-6-15(22)21-17(19-9)25-8-13-10(2)24-16(20-13)12-7-11(18)4-5-14(12)23-3/h4-7H,8H2,1-3H3,(H,19,21,22). The Labute approximate surface area is 157 Å². The molecular weight excluding hydrogens is 406 g/mol. The fraction of sp³-hybridized carbons (Fsp3) is 0.235. The molecule has 3 aromatic rings. The lowest BCUT2D eigenvalue weighted by Crippen LogP contribution is -2.08. The van der Waals surface area contributed by atoms with Gasteiger partial charge < -0.3 is 14.1 Å². The van der Waals surface area contributed by atoms with Crippen LogP contribution in [0, 0.1) is 13.8 Å². The quantitative estimate of drug-likeness (QED) is 0.493. The number of aromatic nitrogens is 3. The summed E-state index contributed by atoms with van der Waals surface area (Å²) in [5.74, 6) is 2.45. The Morgan fingerprint density at radius 1 is 1.28 bits per heavy atom. The van der Waals surface area contributed by atoms with Gasteiger partial charge >= 0.3 is 0 Å². The monoisotopic (exact) mass is 421 g/mol. The van der Waals surface area contributed by atoms with Gasteiger partial charge in [-0.1, -0.05) is 27.7 Å². The van der Waals surface area contributed by atoms with Crippen LogP contribution in [0.1, 0.15) is 17.1 Å². The van der Waals surface area contributed by atoms with Crippen molar-refractivity contribution < 1.29 is 9.15 Å². The molecular formula is C17H16BrN3O3S. The maximum Gasteiger partial charge on any atom is 0.251 e. The Morgan fingerprint density at radius 3 is 2.80 bits per heavy atom. The summed E-state index contributed by atoms with van der Waals surface area (Å²) in [6.07, 6.45) is 0. The van der Waals surface area contributed by atoms with Gasteiger partial charge in [-0.2, -0.15) is 0 Å². The summed E-state index contributed by atoms with van der Waals surface area (Å²) < 4.78 is 12.1. The summed E-state index contributed by atoms with van der Waals surface area (Å²) in [6.45, 7) is 3.65. The molecule has 0 bridgehead atoms. The minimum Gasteiger partial charge on any atom is -0.496 e. The fourth-order valence-corrected chi connectivity index (χ4v) is 3.56. The molecule has 0 fully saturated rings. The lowest BCUT2D eigenvalue weighted by molar-refractivity contribution is 0.414. The summed E-state index contributed by atoms with van der Waals surface area (Å²) in [6, 6.07) is 7.12. The molecule has 0 amide bonds. The lowest BCUT2D eigenvalue weighted by Gasteiger charge is -2.05. The van der Waals surface area contributed by atoms with Gasteiger partial charge in [-0.15, -0.1) is 0 Å². The second-order valence-corrected chi connectivity index (χ2v) is 7.23. The van der Waals surface area contributed by atoms with Crippen LogP contribution in [0.2, 0.25) is 0 Å². The molecule has 130 valence electrons. The third-order valence-electron chi connectivity index (χ3n) is 3.48. The molecule has 6 nitrogen and oxygen atoms in total. The third-order valence-corrected chi connectivity index (χ3v) is 4.86. The minimum atomic E-state index is -0.161. The molecule has 0 aliphatic rings. The van der Waals surface area contributed by atoms with E-state index < -0.39 is 0 Å². The Balaban J connectivity index is 1.86. The molecule has 0 aliphatic heterocycles. The molecule has 25 heavy (non-hydrogen) atoms. The van der Waals surface area contributed by atoms with Gasteiger partial charge in [0.1, 0.15) is 11.5 Å². The number of nitrogens with zero attached hydrogens (tertiary/aromatic N) is 2. The molecule has 3 rings (SSSR count). The maximum absolute atomic E-state index is 11.5. The number of hydrogen-bond acceptors (Lipinski definition) is 6. The highest BCUT2D eigenvalue weighted by atomic mass is 79.9. The van der Waals surface area contributed by atoms with Gasteiger partial charge in [0.05, 0.1) is 18.4 Å². The van der Waals surface area contributed by atoms with Gasteiger partial charge in [0.2, 0.25) is 5.89 Å². The van der Waals surface area contributed by atoms with Crippen LogP contribution < -0.4 is 10.3 Å². The summed E-state index contributed by atoms with van der Waals surface area (Å²) in [7, 11) is 1.61. The average Bonchev–Trinajstić information content (AvgIpc) is 2.93. The Morgan fingerprint density at radius 2 is 2.08 bits per heavy atom. The Bertz CT molecular complexity index is 968. The molecule has 0 saturated carbocycles. The van der Waals surface area contributed by atoms with Crippen LogP contribution in [0.3, 0.4) is 0 Å². The number of aryl methyl sites for hydroxylation is 2. The first-order chi connectivity index (χ1) is 12.0. The molecule has 0 unspecified atom stereocenters. The van der Waals surface area contributed by atoms with Crippen LogP contribution in [0.4, 0.5) is 0 Å². The largest absolute Gasteiger partial charge is 0.496 e. The second-order valence-electron chi connectivity index (χ2n) is 5.35. The lowest BCUT2D eigenvalue weighted by atomic mass is 10.2. The Hall–Kier alpha value is -2.06. The highest BCUT2D eigenvalue weighted by molar-refractivity contribution is 9.10. The van der Waals surface area contributed by atoms with Crippen molar-refractivity contribution in [1.29, 1.82) is 0 Å². The summed E-state index contributed by atoms with van der Waals surface area (Å²) >= 11 is 4.86. The van der Waals surface area contributed by atoms with E-state index in [0.29, 0.717) is 28.2 Å². The predicted octanol–water partition coefficient (Wildman–Crippen LogP) is 4.11. The van der Waals surface area contributed by atoms with Gasteiger partial charge in [-0.3, -0.25) is 4.79 Å². The molecule has 1 N–H and O–H groups in total. The molecule has 0 saturated heterocycles. The number of nitrogens with one attached hydrogen (secondary N) is 1. The van der Waals surface area contributed by atoms with Crippen LogP contribution >= 0.6 is 27.7 Å². The molecule has 0 spiro atoms. The number of aromatic amines is 1. The zero-order chi connectivity index (χ0) is 18.0. The molecule has 2 aromatic heterocycles. The number of hydrogen-bond donors (Lipinski definition) is 1. The van der Waals surface area contributed by atoms with Gasteiger partial charge in [0.25, 0.3) is 5.56 Å². The van der Waals surface area contributed by atoms with Crippen molar-refractivity contribution in [2.45, 2.75) is 24.8 Å². The first-order valence-corrected chi connectivity index (χ1v) is 9.25. The van der Waals surface area contributed by atoms with E-state index in [2.05, 4.69) is 30.9 Å². The number of H-pyrrole nitrogens is 1. The van der Waals surface area contributed by atoms with E-state index in [1.165, 1.54) is 17.8 Å². The van der Waals surface area contributed by atoms with Crippen molar-refractivity contribution in [3.8, 4) is 17.2 Å². The first-order valence-electron chi connectivity index (χ1n) is 7.47. The zero-order valence-corrected chi connectivity index (χ0v) is 16.3. The molecule has 8 heteroatoms. The van der Waals surface area contributed by atoms with E-state index in [-0.39, 0.29) is 5.56 Å². The van der Waals surface area contributed by atoms with E-state index >= 15 is 0 Å². The van der Waals surface area contributed by atoms with E-state index in [9.17, 15) is 4.79 Å². The van der Waals surface area contributed by atoms with Crippen LogP contribution in [0.15, 0.2) is 43.1 Å². The summed E-state index contributed by atoms with van der Waals surface area (Å²) in [5, 5.41) is 0.564. The van der Waals surface area contributed by atoms with Gasteiger partial charge in [-0.05, 0) is 32.0 Å². The van der Waals surface area contributed by atoms with Gasteiger partial charge in [0.15, 0.2) is 5.16 Å². The molecule has 2 heterocycles. The third kappa shape index (κ3) is 4.13. The number of methoxy groups -OCH3 is 1. The highest BCUT2D eigenvalue weighted by Gasteiger charge is 2.16. The molecule has 0 aliphatic carbocycles. The number of ether oxygens (including phenoxy) is 1. The van der Waals surface area contributed by atoms with E-state index in [1.807, 2.05) is 25.1 Å². The van der Waals surface area contributed by atoms with E-state index in [0.717, 1.165) is 21.5 Å². The molecule has 0 radical (unpaired) electrons. The maximum atomic E-state index is 11.5. The molecule has 0 atom stereocenters. The zero-order valence-electron chi connectivity index (χ0n) is 13.9. The van der Waals surface area contributed by atoms with Crippen LogP contribution in [-0.4, -0.2) is 22.1 Å². The fourth-order valence-electron chi connectivity index (χ4n) is 2.28. The smallest absolute Gasteiger partial charge is 0.251 e. The highest BCUT2D eigenvalue weighted by Crippen LogP contribution is 2.34. The van der Waals surface area contributed by atoms with Crippen molar-refractivity contribution in [2.75, 3.05) is 7.11 Å². The van der Waals surface area contributed by atoms with Crippen molar-refractivity contribution in [1.82, 2.24) is 15.0 Å². The van der Waals surface area contributed by atoms with Crippen LogP contribution in [-0.2, 0) is 5.75 Å². The van der Waals surface area contributed by atoms with Crippen LogP contribution in [0.5, 0.6) is 5.75 Å².